The van der Waals surface area contributed by atoms with Crippen LogP contribution in [-0.4, -0.2) is 27.1 Å². The van der Waals surface area contributed by atoms with Gasteiger partial charge in [-0.2, -0.15) is 0 Å². The Kier molecular flexibility index (Phi) is 4.39. The highest BCUT2D eigenvalue weighted by atomic mass is 32.1. The second-order valence-electron chi connectivity index (χ2n) is 6.03. The summed E-state index contributed by atoms with van der Waals surface area (Å²) in [5, 5.41) is 0.562. The second kappa shape index (κ2) is 6.68. The van der Waals surface area contributed by atoms with E-state index < -0.39 is 0 Å². The van der Waals surface area contributed by atoms with Gasteiger partial charge in [-0.05, 0) is 31.7 Å². The molecule has 1 aliphatic rings. The monoisotopic (exact) mass is 375 g/mol. The van der Waals surface area contributed by atoms with Crippen LogP contribution < -0.4 is 5.56 Å². The fourth-order valence-electron chi connectivity index (χ4n) is 3.11. The van der Waals surface area contributed by atoms with Gasteiger partial charge in [-0.15, -0.1) is 22.7 Å². The molecule has 0 saturated carbocycles. The zero-order chi connectivity index (χ0) is 17.4. The van der Waals surface area contributed by atoms with Crippen molar-refractivity contribution in [2.24, 2.45) is 0 Å². The van der Waals surface area contributed by atoms with E-state index in [1.54, 1.807) is 28.3 Å². The topological polar surface area (TPSA) is 74.1 Å². The number of aryl methyl sites for hydroxylation is 3. The highest BCUT2D eigenvalue weighted by molar-refractivity contribution is 7.20. The molecule has 6 nitrogen and oxygen atoms in total. The summed E-state index contributed by atoms with van der Waals surface area (Å²) in [4.78, 5) is 36.0. The minimum atomic E-state index is -0.366. The Morgan fingerprint density at radius 3 is 3.12 bits per heavy atom. The number of carbonyl (C=O) groups excluding carboxylic acids is 1. The van der Waals surface area contributed by atoms with Crippen molar-refractivity contribution >= 4 is 38.9 Å². The molecule has 0 fully saturated rings. The number of rotatable bonds is 5. The molecule has 3 aromatic heterocycles. The molecular weight excluding hydrogens is 358 g/mol. The molecule has 3 aromatic rings. The number of nitrogens with zero attached hydrogens (tertiary/aromatic N) is 3. The summed E-state index contributed by atoms with van der Waals surface area (Å²) in [5.41, 5.74) is 2.45. The zero-order valence-electron chi connectivity index (χ0n) is 13.8. The highest BCUT2D eigenvalue weighted by Gasteiger charge is 2.23. The van der Waals surface area contributed by atoms with E-state index in [0.717, 1.165) is 31.5 Å². The molecule has 0 radical (unpaired) electrons. The highest BCUT2D eigenvalue weighted by Crippen LogP contribution is 2.29. The number of hydrogen-bond acceptors (Lipinski definition) is 7. The Bertz CT molecular complexity index is 989. The van der Waals surface area contributed by atoms with Gasteiger partial charge in [0.15, 0.2) is 0 Å². The quantitative estimate of drug-likeness (QED) is 0.506. The zero-order valence-corrected chi connectivity index (χ0v) is 15.4. The summed E-state index contributed by atoms with van der Waals surface area (Å²) in [7, 11) is 0. The van der Waals surface area contributed by atoms with Crippen LogP contribution in [0.2, 0.25) is 0 Å². The maximum absolute atomic E-state index is 12.6. The standard InChI is InChI=1S/C17H17N3O3S2/c1-10-13-15(19-12-5-2-6-20(12)16(13)21)25-14(10)17(22)23-7-3-4-11-8-18-9-24-11/h8-9H,2-7H2,1H3. The van der Waals surface area contributed by atoms with E-state index in [-0.39, 0.29) is 11.5 Å². The summed E-state index contributed by atoms with van der Waals surface area (Å²) in [5.74, 6) is 0.456. The first kappa shape index (κ1) is 16.4. The fourth-order valence-corrected chi connectivity index (χ4v) is 4.84. The van der Waals surface area contributed by atoms with Crippen molar-refractivity contribution in [3.05, 3.63) is 43.2 Å². The predicted octanol–water partition coefficient (Wildman–Crippen LogP) is 2.96. The average Bonchev–Trinajstić information content (AvgIpc) is 3.32. The van der Waals surface area contributed by atoms with Crippen molar-refractivity contribution < 1.29 is 9.53 Å². The van der Waals surface area contributed by atoms with Gasteiger partial charge in [-0.25, -0.2) is 9.78 Å². The number of esters is 1. The van der Waals surface area contributed by atoms with Crippen molar-refractivity contribution in [3.63, 3.8) is 0 Å². The third-order valence-electron chi connectivity index (χ3n) is 4.38. The first-order valence-corrected chi connectivity index (χ1v) is 9.92. The third-order valence-corrected chi connectivity index (χ3v) is 6.39. The Morgan fingerprint density at radius 2 is 2.32 bits per heavy atom. The smallest absolute Gasteiger partial charge is 0.348 e. The Hall–Kier alpha value is -2.06. The summed E-state index contributed by atoms with van der Waals surface area (Å²) in [6.07, 6.45) is 5.21. The van der Waals surface area contributed by atoms with Crippen LogP contribution in [0.4, 0.5) is 0 Å². The van der Waals surface area contributed by atoms with Crippen LogP contribution in [0.1, 0.15) is 38.8 Å². The van der Waals surface area contributed by atoms with Gasteiger partial charge < -0.3 is 4.74 Å². The molecule has 4 heterocycles. The lowest BCUT2D eigenvalue weighted by Gasteiger charge is -2.03. The van der Waals surface area contributed by atoms with Crippen molar-refractivity contribution in [2.75, 3.05) is 6.61 Å². The molecule has 0 saturated heterocycles. The van der Waals surface area contributed by atoms with E-state index in [1.807, 2.05) is 6.20 Å². The second-order valence-corrected chi connectivity index (χ2v) is 8.00. The molecule has 8 heteroatoms. The number of carbonyl (C=O) groups is 1. The normalized spacial score (nSPS) is 13.3. The van der Waals surface area contributed by atoms with Gasteiger partial charge in [0, 0.05) is 24.0 Å². The van der Waals surface area contributed by atoms with Crippen molar-refractivity contribution in [1.82, 2.24) is 14.5 Å². The van der Waals surface area contributed by atoms with Gasteiger partial charge in [0.05, 0.1) is 17.5 Å². The number of aromatic nitrogens is 3. The molecule has 0 atom stereocenters. The maximum atomic E-state index is 12.6. The molecule has 1 aliphatic heterocycles. The van der Waals surface area contributed by atoms with Crippen molar-refractivity contribution in [3.8, 4) is 0 Å². The number of fused-ring (bicyclic) bond motifs is 2. The van der Waals surface area contributed by atoms with Crippen LogP contribution in [0.15, 0.2) is 16.5 Å². The molecule has 25 heavy (non-hydrogen) atoms. The maximum Gasteiger partial charge on any atom is 0.348 e. The van der Waals surface area contributed by atoms with Crippen molar-refractivity contribution in [2.45, 2.75) is 39.2 Å². The van der Waals surface area contributed by atoms with Gasteiger partial charge in [-0.1, -0.05) is 0 Å². The molecular formula is C17H17N3O3S2. The van der Waals surface area contributed by atoms with Gasteiger partial charge in [0.2, 0.25) is 0 Å². The summed E-state index contributed by atoms with van der Waals surface area (Å²) in [6.45, 7) is 2.87. The van der Waals surface area contributed by atoms with E-state index in [1.165, 1.54) is 16.2 Å². The van der Waals surface area contributed by atoms with Gasteiger partial charge in [0.25, 0.3) is 5.56 Å². The van der Waals surface area contributed by atoms with E-state index in [9.17, 15) is 9.59 Å². The number of hydrogen-bond donors (Lipinski definition) is 0. The van der Waals surface area contributed by atoms with Crippen LogP contribution in [0.5, 0.6) is 0 Å². The lowest BCUT2D eigenvalue weighted by atomic mass is 10.2. The first-order valence-electron chi connectivity index (χ1n) is 8.22. The molecule has 0 N–H and O–H groups in total. The lowest BCUT2D eigenvalue weighted by molar-refractivity contribution is 0.0506. The largest absolute Gasteiger partial charge is 0.461 e. The fraction of sp³-hybridized carbons (Fsp3) is 0.412. The average molecular weight is 375 g/mol. The number of thiazole rings is 1. The van der Waals surface area contributed by atoms with Crippen LogP contribution in [0.3, 0.4) is 0 Å². The van der Waals surface area contributed by atoms with E-state index in [2.05, 4.69) is 9.97 Å². The van der Waals surface area contributed by atoms with Crippen molar-refractivity contribution in [1.29, 1.82) is 0 Å². The SMILES string of the molecule is Cc1c(C(=O)OCCCc2cncs2)sc2nc3n(c(=O)c12)CCC3. The minimum absolute atomic E-state index is 0.0319. The summed E-state index contributed by atoms with van der Waals surface area (Å²) in [6, 6.07) is 0. The Morgan fingerprint density at radius 1 is 1.44 bits per heavy atom. The van der Waals surface area contributed by atoms with E-state index in [0.29, 0.717) is 33.8 Å². The molecule has 0 bridgehead atoms. The van der Waals surface area contributed by atoms with Crippen LogP contribution in [0, 0.1) is 6.92 Å². The van der Waals surface area contributed by atoms with E-state index in [4.69, 9.17) is 4.74 Å². The molecule has 0 aliphatic carbocycles. The first-order chi connectivity index (χ1) is 12.1. The lowest BCUT2D eigenvalue weighted by Crippen LogP contribution is -2.20. The molecule has 0 aromatic carbocycles. The Labute approximate surface area is 152 Å². The number of thiophene rings is 1. The molecule has 130 valence electrons. The van der Waals surface area contributed by atoms with Crippen LogP contribution in [-0.2, 0) is 24.1 Å². The van der Waals surface area contributed by atoms with Gasteiger partial charge in [-0.3, -0.25) is 14.3 Å². The molecule has 4 rings (SSSR count). The van der Waals surface area contributed by atoms with Gasteiger partial charge in [0.1, 0.15) is 15.5 Å². The van der Waals surface area contributed by atoms with E-state index >= 15 is 0 Å². The molecule has 0 spiro atoms. The summed E-state index contributed by atoms with van der Waals surface area (Å²) < 4.78 is 7.12. The Balaban J connectivity index is 1.51. The van der Waals surface area contributed by atoms with Crippen LogP contribution >= 0.6 is 22.7 Å². The third kappa shape index (κ3) is 3.00. The predicted molar refractivity (Wildman–Crippen MR) is 97.7 cm³/mol. The van der Waals surface area contributed by atoms with Gasteiger partial charge >= 0.3 is 5.97 Å². The molecule has 0 amide bonds. The van der Waals surface area contributed by atoms with Crippen LogP contribution in [0.25, 0.3) is 10.2 Å². The molecule has 0 unspecified atom stereocenters. The number of ether oxygens (including phenoxy) is 1. The minimum Gasteiger partial charge on any atom is -0.461 e. The summed E-state index contributed by atoms with van der Waals surface area (Å²) >= 11 is 2.86.